The van der Waals surface area contributed by atoms with Crippen LogP contribution in [0.2, 0.25) is 0 Å². The van der Waals surface area contributed by atoms with E-state index in [2.05, 4.69) is 9.72 Å². The fourth-order valence-electron chi connectivity index (χ4n) is 2.64. The van der Waals surface area contributed by atoms with Gasteiger partial charge in [-0.2, -0.15) is 8.78 Å². The highest BCUT2D eigenvalue weighted by molar-refractivity contribution is 7.13. The SMILES string of the molecule is COc1ccc(-c2nc(COC(=O)Cc3ccc(OC(F)F)cc3)cs2)cc1OC. The van der Waals surface area contributed by atoms with E-state index >= 15 is 0 Å². The first-order valence-corrected chi connectivity index (χ1v) is 9.72. The molecule has 0 N–H and O–H groups in total. The molecule has 9 heteroatoms. The number of methoxy groups -OCH3 is 2. The molecule has 0 aliphatic heterocycles. The number of rotatable bonds is 9. The average Bonchev–Trinajstić information content (AvgIpc) is 3.22. The Morgan fingerprint density at radius 1 is 1.07 bits per heavy atom. The molecule has 0 saturated carbocycles. The van der Waals surface area contributed by atoms with Gasteiger partial charge in [0.1, 0.15) is 17.4 Å². The van der Waals surface area contributed by atoms with Gasteiger partial charge in [-0.15, -0.1) is 11.3 Å². The van der Waals surface area contributed by atoms with Gasteiger partial charge in [0.05, 0.1) is 26.3 Å². The molecule has 1 heterocycles. The highest BCUT2D eigenvalue weighted by Gasteiger charge is 2.12. The Morgan fingerprint density at radius 3 is 2.47 bits per heavy atom. The van der Waals surface area contributed by atoms with Gasteiger partial charge in [-0.25, -0.2) is 4.98 Å². The van der Waals surface area contributed by atoms with Gasteiger partial charge < -0.3 is 18.9 Å². The first-order chi connectivity index (χ1) is 14.5. The molecule has 3 rings (SSSR count). The average molecular weight is 435 g/mol. The monoisotopic (exact) mass is 435 g/mol. The summed E-state index contributed by atoms with van der Waals surface area (Å²) in [4.78, 5) is 16.5. The van der Waals surface area contributed by atoms with E-state index in [1.54, 1.807) is 20.3 Å². The van der Waals surface area contributed by atoms with Gasteiger partial charge in [-0.05, 0) is 35.9 Å². The van der Waals surface area contributed by atoms with Gasteiger partial charge in [0.2, 0.25) is 0 Å². The van der Waals surface area contributed by atoms with Crippen LogP contribution in [0.15, 0.2) is 47.8 Å². The summed E-state index contributed by atoms with van der Waals surface area (Å²) in [6, 6.07) is 11.3. The summed E-state index contributed by atoms with van der Waals surface area (Å²) >= 11 is 1.42. The Labute approximate surface area is 176 Å². The number of nitrogens with zero attached hydrogens (tertiary/aromatic N) is 1. The maximum atomic E-state index is 12.2. The van der Waals surface area contributed by atoms with Gasteiger partial charge in [0, 0.05) is 10.9 Å². The molecule has 158 valence electrons. The second-order valence-electron chi connectivity index (χ2n) is 6.07. The van der Waals surface area contributed by atoms with Crippen LogP contribution < -0.4 is 14.2 Å². The number of ether oxygens (including phenoxy) is 4. The van der Waals surface area contributed by atoms with Crippen LogP contribution >= 0.6 is 11.3 Å². The Bertz CT molecular complexity index is 991. The molecule has 0 radical (unpaired) electrons. The van der Waals surface area contributed by atoms with Crippen molar-refractivity contribution in [3.63, 3.8) is 0 Å². The van der Waals surface area contributed by atoms with E-state index in [4.69, 9.17) is 14.2 Å². The van der Waals surface area contributed by atoms with Gasteiger partial charge in [0.15, 0.2) is 11.5 Å². The van der Waals surface area contributed by atoms with Crippen LogP contribution in [0.4, 0.5) is 8.78 Å². The number of carbonyl (C=O) groups is 1. The highest BCUT2D eigenvalue weighted by Crippen LogP contribution is 2.33. The van der Waals surface area contributed by atoms with Crippen LogP contribution in [-0.4, -0.2) is 31.8 Å². The minimum Gasteiger partial charge on any atom is -0.493 e. The standard InChI is InChI=1S/C21H19F2NO5S/c1-26-17-8-5-14(10-18(17)27-2)20-24-15(12-30-20)11-28-19(25)9-13-3-6-16(7-4-13)29-21(22)23/h3-8,10,12,21H,9,11H2,1-2H3. The maximum absolute atomic E-state index is 12.2. The lowest BCUT2D eigenvalue weighted by Crippen LogP contribution is -2.08. The van der Waals surface area contributed by atoms with Crippen LogP contribution in [0.3, 0.4) is 0 Å². The van der Waals surface area contributed by atoms with E-state index in [1.165, 1.54) is 35.6 Å². The normalized spacial score (nSPS) is 10.7. The van der Waals surface area contributed by atoms with Crippen molar-refractivity contribution in [1.29, 1.82) is 0 Å². The van der Waals surface area contributed by atoms with E-state index < -0.39 is 12.6 Å². The molecule has 0 saturated heterocycles. The Balaban J connectivity index is 1.55. The third-order valence-corrected chi connectivity index (χ3v) is 5.00. The molecule has 30 heavy (non-hydrogen) atoms. The molecule has 2 aromatic carbocycles. The zero-order valence-electron chi connectivity index (χ0n) is 16.3. The molecular weight excluding hydrogens is 416 g/mol. The third-order valence-electron chi connectivity index (χ3n) is 4.06. The zero-order valence-corrected chi connectivity index (χ0v) is 17.1. The van der Waals surface area contributed by atoms with Crippen molar-refractivity contribution in [1.82, 2.24) is 4.98 Å². The smallest absolute Gasteiger partial charge is 0.387 e. The highest BCUT2D eigenvalue weighted by atomic mass is 32.1. The molecule has 0 aliphatic carbocycles. The summed E-state index contributed by atoms with van der Waals surface area (Å²) in [5.74, 6) is 0.814. The summed E-state index contributed by atoms with van der Waals surface area (Å²) in [5.41, 5.74) is 2.12. The molecule has 0 unspecified atom stereocenters. The minimum atomic E-state index is -2.89. The van der Waals surface area contributed by atoms with Crippen LogP contribution in [0.5, 0.6) is 17.2 Å². The molecule has 0 atom stereocenters. The third kappa shape index (κ3) is 5.66. The van der Waals surface area contributed by atoms with Crippen molar-refractivity contribution in [3.8, 4) is 27.8 Å². The lowest BCUT2D eigenvalue weighted by atomic mass is 10.1. The van der Waals surface area contributed by atoms with Gasteiger partial charge in [-0.1, -0.05) is 12.1 Å². The van der Waals surface area contributed by atoms with Crippen molar-refractivity contribution in [2.75, 3.05) is 14.2 Å². The minimum absolute atomic E-state index is 0.0155. The quantitative estimate of drug-likeness (QED) is 0.454. The number of thiazole rings is 1. The van der Waals surface area contributed by atoms with Crippen molar-refractivity contribution >= 4 is 17.3 Å². The second kappa shape index (κ2) is 10.0. The van der Waals surface area contributed by atoms with E-state index in [0.29, 0.717) is 22.8 Å². The molecule has 6 nitrogen and oxygen atoms in total. The number of hydrogen-bond donors (Lipinski definition) is 0. The van der Waals surface area contributed by atoms with Crippen molar-refractivity contribution < 1.29 is 32.5 Å². The van der Waals surface area contributed by atoms with E-state index in [1.807, 2.05) is 17.5 Å². The molecule has 0 fully saturated rings. The molecule has 0 spiro atoms. The van der Waals surface area contributed by atoms with Crippen molar-refractivity contribution in [2.45, 2.75) is 19.6 Å². The summed E-state index contributed by atoms with van der Waals surface area (Å²) in [6.45, 7) is -2.85. The number of halogens is 2. The molecule has 0 bridgehead atoms. The summed E-state index contributed by atoms with van der Waals surface area (Å²) < 4.78 is 44.4. The Hall–Kier alpha value is -3.20. The molecular formula is C21H19F2NO5S. The zero-order chi connectivity index (χ0) is 21.5. The molecule has 3 aromatic rings. The number of esters is 1. The number of alkyl halides is 2. The van der Waals surface area contributed by atoms with Gasteiger partial charge >= 0.3 is 12.6 Å². The second-order valence-corrected chi connectivity index (χ2v) is 6.93. The lowest BCUT2D eigenvalue weighted by molar-refractivity contribution is -0.144. The van der Waals surface area contributed by atoms with E-state index in [0.717, 1.165) is 10.6 Å². The van der Waals surface area contributed by atoms with E-state index in [-0.39, 0.29) is 18.8 Å². The molecule has 0 aliphatic rings. The summed E-state index contributed by atoms with van der Waals surface area (Å²) in [5, 5.41) is 2.58. The molecule has 0 amide bonds. The summed E-state index contributed by atoms with van der Waals surface area (Å²) in [6.07, 6.45) is 0.0155. The topological polar surface area (TPSA) is 66.9 Å². The van der Waals surface area contributed by atoms with E-state index in [9.17, 15) is 13.6 Å². The fraction of sp³-hybridized carbons (Fsp3) is 0.238. The molecule has 1 aromatic heterocycles. The van der Waals surface area contributed by atoms with Crippen LogP contribution in [-0.2, 0) is 22.6 Å². The first-order valence-electron chi connectivity index (χ1n) is 8.84. The van der Waals surface area contributed by atoms with Crippen molar-refractivity contribution in [2.24, 2.45) is 0 Å². The maximum Gasteiger partial charge on any atom is 0.387 e. The fourth-order valence-corrected chi connectivity index (χ4v) is 3.44. The summed E-state index contributed by atoms with van der Waals surface area (Å²) in [7, 11) is 3.13. The largest absolute Gasteiger partial charge is 0.493 e. The predicted molar refractivity (Wildman–Crippen MR) is 107 cm³/mol. The first kappa shape index (κ1) is 21.5. The van der Waals surface area contributed by atoms with Gasteiger partial charge in [0.25, 0.3) is 0 Å². The van der Waals surface area contributed by atoms with Crippen LogP contribution in [0.25, 0.3) is 10.6 Å². The lowest BCUT2D eigenvalue weighted by Gasteiger charge is -2.08. The Morgan fingerprint density at radius 2 is 1.80 bits per heavy atom. The van der Waals surface area contributed by atoms with Crippen LogP contribution in [0.1, 0.15) is 11.3 Å². The predicted octanol–water partition coefficient (Wildman–Crippen LogP) is 4.71. The number of benzene rings is 2. The van der Waals surface area contributed by atoms with Gasteiger partial charge in [-0.3, -0.25) is 4.79 Å². The number of carbonyl (C=O) groups excluding carboxylic acids is 1. The number of aromatic nitrogens is 1. The Kier molecular flexibility index (Phi) is 7.18. The van der Waals surface area contributed by atoms with Crippen molar-refractivity contribution in [3.05, 3.63) is 59.1 Å². The number of hydrogen-bond acceptors (Lipinski definition) is 7. The van der Waals surface area contributed by atoms with Crippen LogP contribution in [0, 0.1) is 0 Å².